The lowest BCUT2D eigenvalue weighted by atomic mass is 9.54. The van der Waals surface area contributed by atoms with Gasteiger partial charge in [-0.15, -0.1) is 0 Å². The van der Waals surface area contributed by atoms with Gasteiger partial charge in [0.2, 0.25) is 0 Å². The van der Waals surface area contributed by atoms with Gasteiger partial charge in [0, 0.05) is 71.6 Å². The maximum atomic E-state index is 17.7. The third-order valence-electron chi connectivity index (χ3n) is 25.4. The van der Waals surface area contributed by atoms with Gasteiger partial charge in [0.25, 0.3) is 0 Å². The van der Waals surface area contributed by atoms with Gasteiger partial charge in [0.1, 0.15) is 0 Å². The molecule has 3 heterocycles. The normalized spacial score (nSPS) is 28.0. The van der Waals surface area contributed by atoms with Gasteiger partial charge in [-0.05, 0) is 89.9 Å². The van der Waals surface area contributed by atoms with Crippen LogP contribution >= 0.6 is 0 Å². The molecule has 123 heavy (non-hydrogen) atoms. The van der Waals surface area contributed by atoms with Crippen LogP contribution in [-0.4, -0.2) is 82.4 Å². The highest BCUT2D eigenvalue weighted by Crippen LogP contribution is 2.64. The van der Waals surface area contributed by atoms with Crippen molar-refractivity contribution in [2.24, 2.45) is 0 Å². The summed E-state index contributed by atoms with van der Waals surface area (Å²) in [5.41, 5.74) is -29.4. The molecule has 6 aromatic carbocycles. The fraction of sp³-hybridized carbons (Fsp3) is 0.493. The summed E-state index contributed by atoms with van der Waals surface area (Å²) in [4.78, 5) is 0. The first-order valence-electron chi connectivity index (χ1n) is 39.6. The Morgan fingerprint density at radius 3 is 0.390 bits per heavy atom. The van der Waals surface area contributed by atoms with E-state index < -0.39 is 406 Å². The second kappa shape index (κ2) is 33.8. The average molecular weight is 1910 g/mol. The molecule has 52 heteroatoms. The van der Waals surface area contributed by atoms with Crippen molar-refractivity contribution in [3.63, 3.8) is 0 Å². The Labute approximate surface area is 687 Å². The van der Waals surface area contributed by atoms with E-state index in [1.54, 1.807) is 0 Å². The van der Waals surface area contributed by atoms with Crippen LogP contribution in [0.25, 0.3) is 0 Å². The fourth-order valence-corrected chi connectivity index (χ4v) is 65.0. The standard InChI is InChI=1S/C71H63B3F30O12Si7/c75-42-36(43(76)55(88)66(99)54(42)87)72(37-44(77)56(89)67(100)57(90)45(37)78)105-117(29-15-1-2-16-29)108-120(32-21-7-8-22-32)110-118(30-17-3-4-18-30,106-73(38-46(79)58(91)68(101)59(92)47(38)80)39-48(81)60(93)69(102)61(94)49(39)82)112-122(34-25-11-12-26-34)113-119(31-19-5-6-20-31,111-121(109-117,33-23-9-10-24-33)115-123(114-120,116-122)35-27-13-14-28-35)107-74(40-50(83)62(95)70(103)63(96)51(40)84)41-52(85)64(97)71(104)65(98)53(41)86/h29-35H,1-28H2. The number of hydrogen-bond acceptors (Lipinski definition) is 12. The monoisotopic (exact) mass is 1910 g/mol. The summed E-state index contributed by atoms with van der Waals surface area (Å²) in [6, 6.07) is 0. The lowest BCUT2D eigenvalue weighted by molar-refractivity contribution is -0.00563. The Morgan fingerprint density at radius 2 is 0.260 bits per heavy atom. The number of halogens is 30. The fourth-order valence-electron chi connectivity index (χ4n) is 19.4. The van der Waals surface area contributed by atoms with Crippen LogP contribution in [0.2, 0.25) is 38.8 Å². The van der Waals surface area contributed by atoms with Crippen molar-refractivity contribution in [3.8, 4) is 0 Å². The van der Waals surface area contributed by atoms with Gasteiger partial charge in [-0.25, -0.2) is 132 Å². The largest absolute Gasteiger partial charge is 0.482 e. The minimum absolute atomic E-state index is 0.0642. The molecule has 0 atom stereocenters. The predicted octanol–water partition coefficient (Wildman–Crippen LogP) is 18.0. The molecule has 666 valence electrons. The number of fused-ring (bicyclic) bond motifs is 3. The van der Waals surface area contributed by atoms with Crippen LogP contribution < -0.4 is 32.8 Å². The summed E-state index contributed by atoms with van der Waals surface area (Å²) in [7, 11) is -47.9. The topological polar surface area (TPSA) is 111 Å². The molecular formula is C71H63B3F30O12Si7. The van der Waals surface area contributed by atoms with Gasteiger partial charge in [0.05, 0.1) is 0 Å². The van der Waals surface area contributed by atoms with Gasteiger partial charge < -0.3 is 50.1 Å². The van der Waals surface area contributed by atoms with Gasteiger partial charge in [-0.3, -0.25) is 0 Å². The van der Waals surface area contributed by atoms with Gasteiger partial charge >= 0.3 is 82.4 Å². The van der Waals surface area contributed by atoms with Gasteiger partial charge in [-0.2, -0.15) is 0 Å². The van der Waals surface area contributed by atoms with Crippen molar-refractivity contribution in [2.45, 2.75) is 219 Å². The van der Waals surface area contributed by atoms with Crippen LogP contribution in [0.3, 0.4) is 0 Å². The molecule has 0 radical (unpaired) electrons. The molecule has 7 aliphatic carbocycles. The Balaban J connectivity index is 1.13. The van der Waals surface area contributed by atoms with Crippen molar-refractivity contribution in [1.29, 1.82) is 0 Å². The van der Waals surface area contributed by atoms with E-state index in [1.807, 2.05) is 0 Å². The first kappa shape index (κ1) is 90.8. The Kier molecular flexibility index (Phi) is 24.9. The Hall–Kier alpha value is -5.55. The van der Waals surface area contributed by atoms with Crippen molar-refractivity contribution < 1.29 is 182 Å². The van der Waals surface area contributed by atoms with Crippen LogP contribution in [0.5, 0.6) is 0 Å². The maximum Gasteiger partial charge on any atom is 0.482 e. The second-order valence-electron chi connectivity index (χ2n) is 32.4. The van der Waals surface area contributed by atoms with Crippen LogP contribution in [0, 0.1) is 175 Å². The zero-order valence-electron chi connectivity index (χ0n) is 63.3. The highest BCUT2D eigenvalue weighted by Gasteiger charge is 2.85. The molecule has 0 spiro atoms. The number of benzene rings is 6. The quantitative estimate of drug-likeness (QED) is 0.0333. The van der Waals surface area contributed by atoms with Crippen LogP contribution in [0.1, 0.15) is 180 Å². The van der Waals surface area contributed by atoms with Crippen LogP contribution in [0.15, 0.2) is 0 Å². The molecule has 4 bridgehead atoms. The molecule has 7 saturated carbocycles. The molecule has 3 saturated heterocycles. The molecule has 10 fully saturated rings. The van der Waals surface area contributed by atoms with E-state index in [0.29, 0.717) is 0 Å². The molecule has 0 amide bonds. The average Bonchev–Trinajstić information content (AvgIpc) is 1.67. The first-order chi connectivity index (χ1) is 58.2. The molecular weight excluding hydrogens is 1840 g/mol. The van der Waals surface area contributed by atoms with E-state index in [9.17, 15) is 0 Å². The number of hydrogen-bond donors (Lipinski definition) is 0. The van der Waals surface area contributed by atoms with E-state index in [1.165, 1.54) is 0 Å². The summed E-state index contributed by atoms with van der Waals surface area (Å²) in [5.74, 6) is -94.0. The molecule has 6 aromatic rings. The molecule has 10 aliphatic rings. The van der Waals surface area contributed by atoms with Crippen LogP contribution in [-0.2, 0) is 50.1 Å². The third kappa shape index (κ3) is 14.7. The van der Waals surface area contributed by atoms with Gasteiger partial charge in [-0.1, -0.05) is 89.9 Å². The Bertz CT molecular complexity index is 4340. The summed E-state index contributed by atoms with van der Waals surface area (Å²) >= 11 is 0. The third-order valence-corrected chi connectivity index (χ3v) is 58.6. The highest BCUT2D eigenvalue weighted by atomic mass is 28.6. The predicted molar refractivity (Wildman–Crippen MR) is 381 cm³/mol. The number of rotatable bonds is 19. The second-order valence-corrected chi connectivity index (χ2v) is 54.6. The SMILES string of the molecule is Fc1c(F)c(F)c(B(O[Si]2(C3CCCC3)O[Si]3(C4CCCC4)O[Si](OB(c4c(F)c(F)c(F)c(F)c4F)c4c(F)c(F)c(F)c(F)c4F)(C4CCCC4)O[Si]4(C5CCCC5)O[Si](OB(c5c(F)c(F)c(F)c(F)c5F)c5c(F)c(F)c(F)c(F)c5F)(C5CCCC5)O[Si](C5CCCC5)(O2)O[Si](C2CCCC2)(O3)O4)c2c(F)c(F)c(F)c(F)c2F)c(F)c1F. The molecule has 12 nitrogen and oxygen atoms in total. The van der Waals surface area contributed by atoms with E-state index in [2.05, 4.69) is 0 Å². The van der Waals surface area contributed by atoms with Crippen molar-refractivity contribution >= 4 is 115 Å². The molecule has 0 aromatic heterocycles. The minimum atomic E-state index is -7.21. The van der Waals surface area contributed by atoms with E-state index in [-0.39, 0.29) is 103 Å². The highest BCUT2D eigenvalue weighted by molar-refractivity contribution is 7.03. The van der Waals surface area contributed by atoms with Gasteiger partial charge in [0.15, 0.2) is 175 Å². The van der Waals surface area contributed by atoms with E-state index in [0.717, 1.165) is 0 Å². The zero-order chi connectivity index (χ0) is 88.3. The van der Waals surface area contributed by atoms with E-state index >= 15 is 132 Å². The summed E-state index contributed by atoms with van der Waals surface area (Å²) in [5, 5.41) is 0. The molecule has 16 rings (SSSR count). The summed E-state index contributed by atoms with van der Waals surface area (Å²) < 4.78 is 596. The van der Waals surface area contributed by atoms with Crippen molar-refractivity contribution in [1.82, 2.24) is 0 Å². The van der Waals surface area contributed by atoms with Crippen LogP contribution in [0.4, 0.5) is 132 Å². The smallest absolute Gasteiger partial charge is 0.428 e. The minimum Gasteiger partial charge on any atom is -0.428 e. The molecule has 0 unspecified atom stereocenters. The van der Waals surface area contributed by atoms with Crippen molar-refractivity contribution in [3.05, 3.63) is 175 Å². The lowest BCUT2D eigenvalue weighted by Crippen LogP contribution is -2.86. The summed E-state index contributed by atoms with van der Waals surface area (Å²) in [6.07, 6.45) is -9.74. The Morgan fingerprint density at radius 1 is 0.154 bits per heavy atom. The van der Waals surface area contributed by atoms with E-state index in [4.69, 9.17) is 50.1 Å². The molecule has 3 aliphatic heterocycles. The van der Waals surface area contributed by atoms with Crippen molar-refractivity contribution in [2.75, 3.05) is 0 Å². The maximum absolute atomic E-state index is 17.7. The first-order valence-corrected chi connectivity index (χ1v) is 52.2. The zero-order valence-corrected chi connectivity index (χ0v) is 70.3. The lowest BCUT2D eigenvalue weighted by Gasteiger charge is -2.63. The summed E-state index contributed by atoms with van der Waals surface area (Å²) in [6.45, 7) is -12.6. The molecule has 0 N–H and O–H groups in total.